The molecule has 0 atom stereocenters. The van der Waals surface area contributed by atoms with Crippen molar-refractivity contribution in [1.82, 2.24) is 4.98 Å². The average molecular weight is 185 g/mol. The summed E-state index contributed by atoms with van der Waals surface area (Å²) in [5.41, 5.74) is 8.13. The van der Waals surface area contributed by atoms with Crippen molar-refractivity contribution >= 4 is 16.7 Å². The Bertz CT molecular complexity index is 503. The Morgan fingerprint density at radius 3 is 2.86 bits per heavy atom. The van der Waals surface area contributed by atoms with Gasteiger partial charge in [-0.2, -0.15) is 0 Å². The molecule has 2 rings (SSSR count). The number of nitrogens with one attached hydrogen (secondary N) is 1. The number of hydrogen-bond donors (Lipinski definition) is 2. The van der Waals surface area contributed by atoms with E-state index in [-0.39, 0.29) is 5.84 Å². The molecule has 0 aliphatic rings. The molecule has 2 aromatic rings. The molecule has 1 heterocycles. The number of para-hydroxylation sites is 1. The highest BCUT2D eigenvalue weighted by atomic mass is 14.7. The molecular formula is C11H11N3. The van der Waals surface area contributed by atoms with Gasteiger partial charge >= 0.3 is 0 Å². The van der Waals surface area contributed by atoms with E-state index in [1.807, 2.05) is 31.2 Å². The topological polar surface area (TPSA) is 62.8 Å². The molecule has 0 radical (unpaired) electrons. The van der Waals surface area contributed by atoms with Gasteiger partial charge in [-0.05, 0) is 24.6 Å². The van der Waals surface area contributed by atoms with E-state index in [1.165, 1.54) is 0 Å². The lowest BCUT2D eigenvalue weighted by Crippen LogP contribution is -2.11. The quantitative estimate of drug-likeness (QED) is 0.526. The number of nitrogens with two attached hydrogens (primary N) is 1. The van der Waals surface area contributed by atoms with Crippen LogP contribution in [0.15, 0.2) is 30.5 Å². The van der Waals surface area contributed by atoms with Gasteiger partial charge in [0.05, 0.1) is 5.52 Å². The minimum Gasteiger partial charge on any atom is -0.384 e. The number of nitrogens with zero attached hydrogens (tertiary/aromatic N) is 1. The Labute approximate surface area is 82.1 Å². The molecule has 3 heteroatoms. The molecule has 3 nitrogen and oxygen atoms in total. The highest BCUT2D eigenvalue weighted by Crippen LogP contribution is 2.18. The summed E-state index contributed by atoms with van der Waals surface area (Å²) in [5, 5.41) is 8.48. The fourth-order valence-corrected chi connectivity index (χ4v) is 1.53. The number of nitrogen functional groups attached to an aromatic ring is 1. The second-order valence-electron chi connectivity index (χ2n) is 3.24. The van der Waals surface area contributed by atoms with Crippen molar-refractivity contribution in [3.63, 3.8) is 0 Å². The number of aryl methyl sites for hydroxylation is 1. The fraction of sp³-hybridized carbons (Fsp3) is 0.0909. The summed E-state index contributed by atoms with van der Waals surface area (Å²) in [5.74, 6) is 0.0636. The van der Waals surface area contributed by atoms with Crippen LogP contribution >= 0.6 is 0 Å². The fourth-order valence-electron chi connectivity index (χ4n) is 1.53. The molecule has 0 spiro atoms. The van der Waals surface area contributed by atoms with Crippen LogP contribution in [0.5, 0.6) is 0 Å². The monoisotopic (exact) mass is 185 g/mol. The Kier molecular flexibility index (Phi) is 1.93. The molecular weight excluding hydrogens is 174 g/mol. The van der Waals surface area contributed by atoms with Crippen molar-refractivity contribution in [2.45, 2.75) is 6.92 Å². The number of rotatable bonds is 1. The average Bonchev–Trinajstić information content (AvgIpc) is 2.17. The molecule has 0 unspecified atom stereocenters. The molecule has 0 aliphatic carbocycles. The molecule has 0 saturated heterocycles. The zero-order chi connectivity index (χ0) is 10.1. The van der Waals surface area contributed by atoms with Gasteiger partial charge in [0.2, 0.25) is 0 Å². The predicted molar refractivity (Wildman–Crippen MR) is 57.5 cm³/mol. The summed E-state index contributed by atoms with van der Waals surface area (Å²) < 4.78 is 0. The third-order valence-corrected chi connectivity index (χ3v) is 2.28. The summed E-state index contributed by atoms with van der Waals surface area (Å²) in [7, 11) is 0. The van der Waals surface area contributed by atoms with Gasteiger partial charge in [0.1, 0.15) is 5.84 Å². The van der Waals surface area contributed by atoms with Crippen LogP contribution in [0.4, 0.5) is 0 Å². The van der Waals surface area contributed by atoms with E-state index in [9.17, 15) is 0 Å². The molecule has 0 aliphatic heterocycles. The van der Waals surface area contributed by atoms with Gasteiger partial charge in [0.15, 0.2) is 0 Å². The van der Waals surface area contributed by atoms with Crippen LogP contribution < -0.4 is 5.73 Å². The first-order valence-corrected chi connectivity index (χ1v) is 4.39. The standard InChI is InChI=1S/C11H11N3/c1-7-5-6-14-10-8(7)3-2-4-9(10)11(12)13/h2-6H,1H3,(H3,12,13). The smallest absolute Gasteiger partial charge is 0.125 e. The number of fused-ring (bicyclic) bond motifs is 1. The van der Waals surface area contributed by atoms with Gasteiger partial charge in [0.25, 0.3) is 0 Å². The van der Waals surface area contributed by atoms with Gasteiger partial charge in [-0.3, -0.25) is 10.4 Å². The maximum absolute atomic E-state index is 7.43. The Balaban J connectivity index is 2.88. The second-order valence-corrected chi connectivity index (χ2v) is 3.24. The molecule has 1 aromatic carbocycles. The number of aromatic nitrogens is 1. The molecule has 14 heavy (non-hydrogen) atoms. The molecule has 0 saturated carbocycles. The van der Waals surface area contributed by atoms with Crippen LogP contribution in [0.2, 0.25) is 0 Å². The first-order valence-electron chi connectivity index (χ1n) is 4.39. The van der Waals surface area contributed by atoms with E-state index in [0.717, 1.165) is 16.5 Å². The molecule has 0 amide bonds. The van der Waals surface area contributed by atoms with Crippen LogP contribution in [0.25, 0.3) is 10.9 Å². The minimum absolute atomic E-state index is 0.0636. The summed E-state index contributed by atoms with van der Waals surface area (Å²) in [6.07, 6.45) is 1.74. The van der Waals surface area contributed by atoms with Gasteiger partial charge < -0.3 is 5.73 Å². The summed E-state index contributed by atoms with van der Waals surface area (Å²) in [6.45, 7) is 2.02. The van der Waals surface area contributed by atoms with E-state index in [4.69, 9.17) is 11.1 Å². The van der Waals surface area contributed by atoms with Crippen molar-refractivity contribution < 1.29 is 0 Å². The second kappa shape index (κ2) is 3.10. The highest BCUT2D eigenvalue weighted by molar-refractivity contribution is 6.06. The Morgan fingerprint density at radius 2 is 2.14 bits per heavy atom. The summed E-state index contributed by atoms with van der Waals surface area (Å²) in [4.78, 5) is 4.24. The van der Waals surface area contributed by atoms with Gasteiger partial charge in [-0.1, -0.05) is 12.1 Å². The van der Waals surface area contributed by atoms with Crippen LogP contribution in [0.3, 0.4) is 0 Å². The SMILES string of the molecule is Cc1ccnc2c(C(=N)N)cccc12. The van der Waals surface area contributed by atoms with E-state index in [2.05, 4.69) is 4.98 Å². The van der Waals surface area contributed by atoms with Crippen molar-refractivity contribution in [2.75, 3.05) is 0 Å². The summed E-state index contributed by atoms with van der Waals surface area (Å²) in [6, 6.07) is 7.65. The van der Waals surface area contributed by atoms with E-state index in [0.29, 0.717) is 5.56 Å². The largest absolute Gasteiger partial charge is 0.384 e. The normalized spacial score (nSPS) is 10.4. The van der Waals surface area contributed by atoms with E-state index >= 15 is 0 Å². The lowest BCUT2D eigenvalue weighted by Gasteiger charge is -2.05. The van der Waals surface area contributed by atoms with Crippen molar-refractivity contribution in [3.8, 4) is 0 Å². The van der Waals surface area contributed by atoms with Crippen molar-refractivity contribution in [2.24, 2.45) is 5.73 Å². The van der Waals surface area contributed by atoms with Gasteiger partial charge in [0, 0.05) is 17.1 Å². The zero-order valence-electron chi connectivity index (χ0n) is 7.91. The zero-order valence-corrected chi connectivity index (χ0v) is 7.91. The third-order valence-electron chi connectivity index (χ3n) is 2.28. The molecule has 0 bridgehead atoms. The molecule has 1 aromatic heterocycles. The first-order chi connectivity index (χ1) is 6.70. The lowest BCUT2D eigenvalue weighted by atomic mass is 10.1. The van der Waals surface area contributed by atoms with E-state index < -0.39 is 0 Å². The molecule has 3 N–H and O–H groups in total. The minimum atomic E-state index is 0.0636. The van der Waals surface area contributed by atoms with E-state index in [1.54, 1.807) is 6.20 Å². The van der Waals surface area contributed by atoms with Crippen molar-refractivity contribution in [3.05, 3.63) is 41.6 Å². The van der Waals surface area contributed by atoms with Gasteiger partial charge in [-0.15, -0.1) is 0 Å². The first kappa shape index (κ1) is 8.69. The van der Waals surface area contributed by atoms with Crippen LogP contribution in [0, 0.1) is 12.3 Å². The Hall–Kier alpha value is -1.90. The van der Waals surface area contributed by atoms with Gasteiger partial charge in [-0.25, -0.2) is 0 Å². The van der Waals surface area contributed by atoms with Crippen molar-refractivity contribution in [1.29, 1.82) is 5.41 Å². The number of hydrogen-bond acceptors (Lipinski definition) is 2. The van der Waals surface area contributed by atoms with Crippen LogP contribution in [0.1, 0.15) is 11.1 Å². The maximum atomic E-state index is 7.43. The third kappa shape index (κ3) is 1.23. The number of pyridine rings is 1. The lowest BCUT2D eigenvalue weighted by molar-refractivity contribution is 1.35. The van der Waals surface area contributed by atoms with Crippen LogP contribution in [-0.2, 0) is 0 Å². The molecule has 0 fully saturated rings. The highest BCUT2D eigenvalue weighted by Gasteiger charge is 2.05. The molecule has 70 valence electrons. The Morgan fingerprint density at radius 1 is 1.36 bits per heavy atom. The number of amidine groups is 1. The maximum Gasteiger partial charge on any atom is 0.125 e. The predicted octanol–water partition coefficient (Wildman–Crippen LogP) is 1.83. The summed E-state index contributed by atoms with van der Waals surface area (Å²) >= 11 is 0. The van der Waals surface area contributed by atoms with Crippen LogP contribution in [-0.4, -0.2) is 10.8 Å². The number of benzene rings is 1.